The Hall–Kier alpha value is -1.59. The summed E-state index contributed by atoms with van der Waals surface area (Å²) < 4.78 is 1.80. The molecule has 0 radical (unpaired) electrons. The molecule has 1 saturated carbocycles. The fourth-order valence-electron chi connectivity index (χ4n) is 3.35. The van der Waals surface area contributed by atoms with Gasteiger partial charge in [0.15, 0.2) is 0 Å². The maximum atomic E-state index is 12.3. The van der Waals surface area contributed by atoms with Crippen LogP contribution in [0.1, 0.15) is 23.3 Å². The van der Waals surface area contributed by atoms with Crippen molar-refractivity contribution in [2.45, 2.75) is 24.9 Å². The number of nitrogens with one attached hydrogen (secondary N) is 2. The highest BCUT2D eigenvalue weighted by molar-refractivity contribution is 6.34. The van der Waals surface area contributed by atoms with Crippen LogP contribution >= 0.6 is 11.6 Å². The van der Waals surface area contributed by atoms with Crippen LogP contribution in [-0.2, 0) is 0 Å². The van der Waals surface area contributed by atoms with Gasteiger partial charge >= 0.3 is 0 Å². The van der Waals surface area contributed by atoms with Crippen LogP contribution in [0.5, 0.6) is 0 Å². The second-order valence-corrected chi connectivity index (χ2v) is 6.07. The fraction of sp³-hybridized carbons (Fsp3) is 0.429. The molecule has 4 rings (SSSR count). The minimum Gasteiger partial charge on any atom is -0.346 e. The molecule has 6 heteroatoms. The number of hydrogen-bond donors (Lipinski definition) is 2. The zero-order chi connectivity index (χ0) is 13.7. The van der Waals surface area contributed by atoms with Crippen LogP contribution in [0.25, 0.3) is 5.52 Å². The molecule has 1 amide bonds. The van der Waals surface area contributed by atoms with Gasteiger partial charge in [0.25, 0.3) is 5.91 Å². The minimum absolute atomic E-state index is 0.121. The standard InChI is InChI=1S/C14H15ClN4O/c15-9-1-2-19-7-17-12(5-13(9)19)14(20)18-11-4-8-3-10(11)16-6-8/h1-2,5,7-8,10-11,16H,3-4,6H2,(H,18,20). The molecule has 1 aliphatic heterocycles. The molecule has 2 aliphatic rings. The molecule has 1 aliphatic carbocycles. The molecular formula is C14H15ClN4O. The lowest BCUT2D eigenvalue weighted by molar-refractivity contribution is 0.0923. The second-order valence-electron chi connectivity index (χ2n) is 5.66. The van der Waals surface area contributed by atoms with Crippen molar-refractivity contribution in [1.29, 1.82) is 0 Å². The third-order valence-electron chi connectivity index (χ3n) is 4.38. The van der Waals surface area contributed by atoms with Crippen molar-refractivity contribution in [2.75, 3.05) is 6.54 Å². The molecule has 1 saturated heterocycles. The summed E-state index contributed by atoms with van der Waals surface area (Å²) >= 11 is 6.08. The lowest BCUT2D eigenvalue weighted by Crippen LogP contribution is -2.48. The van der Waals surface area contributed by atoms with Crippen molar-refractivity contribution in [1.82, 2.24) is 20.0 Å². The number of rotatable bonds is 2. The quantitative estimate of drug-likeness (QED) is 0.880. The lowest BCUT2D eigenvalue weighted by atomic mass is 10.1. The number of amides is 1. The Morgan fingerprint density at radius 3 is 3.15 bits per heavy atom. The molecule has 3 heterocycles. The lowest BCUT2D eigenvalue weighted by Gasteiger charge is -2.23. The average molecular weight is 291 g/mol. The highest BCUT2D eigenvalue weighted by atomic mass is 35.5. The van der Waals surface area contributed by atoms with Crippen molar-refractivity contribution in [3.05, 3.63) is 35.4 Å². The normalized spacial score (nSPS) is 28.1. The first-order valence-corrected chi connectivity index (χ1v) is 7.25. The van der Waals surface area contributed by atoms with E-state index in [1.54, 1.807) is 22.9 Å². The summed E-state index contributed by atoms with van der Waals surface area (Å²) in [6.45, 7) is 1.08. The third-order valence-corrected chi connectivity index (χ3v) is 4.70. The van der Waals surface area contributed by atoms with Crippen molar-refractivity contribution >= 4 is 23.0 Å². The Balaban J connectivity index is 1.56. The fourth-order valence-corrected chi connectivity index (χ4v) is 3.56. The molecule has 2 aromatic rings. The number of fused-ring (bicyclic) bond motifs is 3. The average Bonchev–Trinajstić information content (AvgIpc) is 3.15. The Morgan fingerprint density at radius 2 is 2.40 bits per heavy atom. The van der Waals surface area contributed by atoms with Gasteiger partial charge in [0.1, 0.15) is 12.0 Å². The summed E-state index contributed by atoms with van der Waals surface area (Å²) in [4.78, 5) is 16.5. The van der Waals surface area contributed by atoms with Gasteiger partial charge in [0.05, 0.1) is 10.5 Å². The number of carbonyl (C=O) groups is 1. The summed E-state index contributed by atoms with van der Waals surface area (Å²) in [5, 5.41) is 7.15. The summed E-state index contributed by atoms with van der Waals surface area (Å²) in [7, 11) is 0. The zero-order valence-electron chi connectivity index (χ0n) is 10.8. The predicted octanol–water partition coefficient (Wildman–Crippen LogP) is 1.47. The van der Waals surface area contributed by atoms with Crippen LogP contribution in [0.3, 0.4) is 0 Å². The van der Waals surface area contributed by atoms with Crippen LogP contribution in [0.2, 0.25) is 5.02 Å². The SMILES string of the molecule is O=C(NC1CC2CNC1C2)c1cc2c(Cl)ccn2cn1. The van der Waals surface area contributed by atoms with Gasteiger partial charge in [-0.1, -0.05) is 11.6 Å². The van der Waals surface area contributed by atoms with Crippen molar-refractivity contribution < 1.29 is 4.79 Å². The Labute approximate surface area is 121 Å². The van der Waals surface area contributed by atoms with E-state index in [9.17, 15) is 4.79 Å². The van der Waals surface area contributed by atoms with Gasteiger partial charge in [0, 0.05) is 18.3 Å². The topological polar surface area (TPSA) is 58.4 Å². The molecule has 20 heavy (non-hydrogen) atoms. The number of piperidine rings is 1. The first kappa shape index (κ1) is 12.2. The van der Waals surface area contributed by atoms with Gasteiger partial charge < -0.3 is 15.0 Å². The number of carbonyl (C=O) groups excluding carboxylic acids is 1. The van der Waals surface area contributed by atoms with Crippen LogP contribution < -0.4 is 10.6 Å². The molecule has 2 bridgehead atoms. The van der Waals surface area contributed by atoms with Crippen molar-refractivity contribution in [3.8, 4) is 0 Å². The second kappa shape index (κ2) is 4.46. The number of nitrogens with zero attached hydrogens (tertiary/aromatic N) is 2. The number of halogens is 1. The highest BCUT2D eigenvalue weighted by Crippen LogP contribution is 2.31. The van der Waals surface area contributed by atoms with E-state index in [4.69, 9.17) is 11.6 Å². The number of hydrogen-bond acceptors (Lipinski definition) is 3. The summed E-state index contributed by atoms with van der Waals surface area (Å²) in [6.07, 6.45) is 5.68. The van der Waals surface area contributed by atoms with Crippen LogP contribution in [-0.4, -0.2) is 33.9 Å². The largest absolute Gasteiger partial charge is 0.346 e. The van der Waals surface area contributed by atoms with Crippen LogP contribution in [0, 0.1) is 5.92 Å². The van der Waals surface area contributed by atoms with Gasteiger partial charge in [-0.3, -0.25) is 4.79 Å². The molecule has 0 aromatic carbocycles. The first-order chi connectivity index (χ1) is 9.70. The summed E-state index contributed by atoms with van der Waals surface area (Å²) in [6, 6.07) is 4.17. The van der Waals surface area contributed by atoms with E-state index in [0.29, 0.717) is 22.7 Å². The smallest absolute Gasteiger partial charge is 0.270 e. The molecule has 2 N–H and O–H groups in total. The molecular weight excluding hydrogens is 276 g/mol. The zero-order valence-corrected chi connectivity index (χ0v) is 11.6. The predicted molar refractivity (Wildman–Crippen MR) is 76.0 cm³/mol. The van der Waals surface area contributed by atoms with Crippen molar-refractivity contribution in [2.24, 2.45) is 5.92 Å². The van der Waals surface area contributed by atoms with E-state index in [-0.39, 0.29) is 11.9 Å². The first-order valence-electron chi connectivity index (χ1n) is 6.87. The minimum atomic E-state index is -0.121. The van der Waals surface area contributed by atoms with Gasteiger partial charge in [-0.15, -0.1) is 0 Å². The molecule has 5 nitrogen and oxygen atoms in total. The summed E-state index contributed by atoms with van der Waals surface area (Å²) in [5.41, 5.74) is 1.22. The maximum absolute atomic E-state index is 12.3. The summed E-state index contributed by atoms with van der Waals surface area (Å²) in [5.74, 6) is 0.588. The van der Waals surface area contributed by atoms with E-state index in [0.717, 1.165) is 18.5 Å². The Bertz CT molecular complexity index is 683. The molecule has 3 atom stereocenters. The van der Waals surface area contributed by atoms with E-state index in [1.165, 1.54) is 6.42 Å². The maximum Gasteiger partial charge on any atom is 0.270 e. The molecule has 2 fully saturated rings. The monoisotopic (exact) mass is 290 g/mol. The Morgan fingerprint density at radius 1 is 1.50 bits per heavy atom. The van der Waals surface area contributed by atoms with Gasteiger partial charge in [-0.2, -0.15) is 0 Å². The molecule has 2 aromatic heterocycles. The van der Waals surface area contributed by atoms with Crippen LogP contribution in [0.15, 0.2) is 24.7 Å². The molecule has 3 unspecified atom stereocenters. The van der Waals surface area contributed by atoms with E-state index >= 15 is 0 Å². The van der Waals surface area contributed by atoms with Gasteiger partial charge in [0.2, 0.25) is 0 Å². The third kappa shape index (κ3) is 1.89. The van der Waals surface area contributed by atoms with Gasteiger partial charge in [-0.25, -0.2) is 4.98 Å². The van der Waals surface area contributed by atoms with E-state index in [1.807, 2.05) is 6.20 Å². The van der Waals surface area contributed by atoms with Gasteiger partial charge in [-0.05, 0) is 37.4 Å². The number of aromatic nitrogens is 2. The Kier molecular flexibility index (Phi) is 2.72. The molecule has 0 spiro atoms. The van der Waals surface area contributed by atoms with Crippen molar-refractivity contribution in [3.63, 3.8) is 0 Å². The molecule has 104 valence electrons. The van der Waals surface area contributed by atoms with Crippen LogP contribution in [0.4, 0.5) is 0 Å². The highest BCUT2D eigenvalue weighted by Gasteiger charge is 2.40. The van der Waals surface area contributed by atoms with E-state index in [2.05, 4.69) is 15.6 Å². The van der Waals surface area contributed by atoms with E-state index < -0.39 is 0 Å².